The van der Waals surface area contributed by atoms with Crippen molar-refractivity contribution in [2.75, 3.05) is 20.2 Å². The summed E-state index contributed by atoms with van der Waals surface area (Å²) in [5.74, 6) is 0.408. The summed E-state index contributed by atoms with van der Waals surface area (Å²) >= 11 is 5.98. The Kier molecular flexibility index (Phi) is 3.82. The van der Waals surface area contributed by atoms with Crippen LogP contribution in [0, 0.1) is 11.3 Å². The molecule has 90 valence electrons. The minimum Gasteiger partial charge on any atom is -0.475 e. The zero-order valence-corrected chi connectivity index (χ0v) is 10.4. The molecule has 0 N–H and O–H groups in total. The Morgan fingerprint density at radius 1 is 1.71 bits per heavy atom. The lowest BCUT2D eigenvalue weighted by Gasteiger charge is -2.19. The number of rotatable bonds is 3. The number of ether oxygens (including phenoxy) is 1. The molecule has 1 aromatic heterocycles. The Balaban J connectivity index is 1.97. The Labute approximate surface area is 106 Å². The van der Waals surface area contributed by atoms with E-state index in [1.54, 1.807) is 6.07 Å². The van der Waals surface area contributed by atoms with Crippen LogP contribution in [0.25, 0.3) is 0 Å². The standard InChI is InChI=1S/C12H14ClN3O/c1-16-4-2-3-10(16)8-17-12-11(13)5-9(6-14)7-15-12/h5,7,10H,2-4,8H2,1H3/t10-/m1/s1. The van der Waals surface area contributed by atoms with E-state index in [-0.39, 0.29) is 0 Å². The van der Waals surface area contributed by atoms with Gasteiger partial charge in [0.2, 0.25) is 5.88 Å². The zero-order chi connectivity index (χ0) is 12.3. The molecule has 1 saturated heterocycles. The van der Waals surface area contributed by atoms with E-state index in [1.165, 1.54) is 12.6 Å². The lowest BCUT2D eigenvalue weighted by atomic mass is 10.2. The van der Waals surface area contributed by atoms with Crippen molar-refractivity contribution in [1.82, 2.24) is 9.88 Å². The molecule has 4 nitrogen and oxygen atoms in total. The second kappa shape index (κ2) is 5.35. The number of pyridine rings is 1. The number of nitrogens with zero attached hydrogens (tertiary/aromatic N) is 3. The number of aromatic nitrogens is 1. The number of halogens is 1. The minimum absolute atomic E-state index is 0.393. The second-order valence-electron chi connectivity index (χ2n) is 4.21. The van der Waals surface area contributed by atoms with E-state index >= 15 is 0 Å². The molecule has 0 bridgehead atoms. The normalized spacial score (nSPS) is 20.2. The molecule has 0 unspecified atom stereocenters. The summed E-state index contributed by atoms with van der Waals surface area (Å²) in [6.45, 7) is 1.71. The monoisotopic (exact) mass is 251 g/mol. The third-order valence-corrected chi connectivity index (χ3v) is 3.29. The zero-order valence-electron chi connectivity index (χ0n) is 9.69. The van der Waals surface area contributed by atoms with Gasteiger partial charge >= 0.3 is 0 Å². The van der Waals surface area contributed by atoms with Crippen LogP contribution in [0.3, 0.4) is 0 Å². The molecule has 0 saturated carbocycles. The number of likely N-dealkylation sites (tertiary alicyclic amines) is 1. The molecule has 1 aromatic rings. The molecule has 2 heterocycles. The quantitative estimate of drug-likeness (QED) is 0.825. The molecule has 0 radical (unpaired) electrons. The smallest absolute Gasteiger partial charge is 0.232 e. The summed E-state index contributed by atoms with van der Waals surface area (Å²) in [6, 6.07) is 3.99. The number of hydrogen-bond acceptors (Lipinski definition) is 4. The average Bonchev–Trinajstić information content (AvgIpc) is 2.73. The van der Waals surface area contributed by atoms with E-state index in [1.807, 2.05) is 6.07 Å². The molecule has 1 fully saturated rings. The van der Waals surface area contributed by atoms with Crippen molar-refractivity contribution in [1.29, 1.82) is 5.26 Å². The van der Waals surface area contributed by atoms with Crippen LogP contribution in [-0.4, -0.2) is 36.1 Å². The van der Waals surface area contributed by atoms with Gasteiger partial charge in [0.25, 0.3) is 0 Å². The van der Waals surface area contributed by atoms with Crippen molar-refractivity contribution in [3.05, 3.63) is 22.8 Å². The van der Waals surface area contributed by atoms with Crippen molar-refractivity contribution in [3.63, 3.8) is 0 Å². The van der Waals surface area contributed by atoms with Crippen molar-refractivity contribution in [2.45, 2.75) is 18.9 Å². The lowest BCUT2D eigenvalue weighted by Crippen LogP contribution is -2.30. The van der Waals surface area contributed by atoms with Gasteiger partial charge in [0, 0.05) is 12.2 Å². The van der Waals surface area contributed by atoms with E-state index in [4.69, 9.17) is 21.6 Å². The third kappa shape index (κ3) is 2.87. The molecule has 1 aliphatic heterocycles. The van der Waals surface area contributed by atoms with E-state index < -0.39 is 0 Å². The molecule has 0 amide bonds. The highest BCUT2D eigenvalue weighted by molar-refractivity contribution is 6.31. The molecule has 2 rings (SSSR count). The van der Waals surface area contributed by atoms with Gasteiger partial charge < -0.3 is 9.64 Å². The fourth-order valence-electron chi connectivity index (χ4n) is 1.96. The maximum Gasteiger partial charge on any atom is 0.232 e. The van der Waals surface area contributed by atoms with Crippen molar-refractivity contribution in [2.24, 2.45) is 0 Å². The fourth-order valence-corrected chi connectivity index (χ4v) is 2.18. The molecule has 0 spiro atoms. The SMILES string of the molecule is CN1CCC[C@@H]1COc1ncc(C#N)cc1Cl. The highest BCUT2D eigenvalue weighted by Crippen LogP contribution is 2.23. The van der Waals surface area contributed by atoms with Crippen LogP contribution >= 0.6 is 11.6 Å². The molecule has 0 aromatic carbocycles. The molecular weight excluding hydrogens is 238 g/mol. The first kappa shape index (κ1) is 12.2. The van der Waals surface area contributed by atoms with Crippen LogP contribution in [0.15, 0.2) is 12.3 Å². The minimum atomic E-state index is 0.393. The van der Waals surface area contributed by atoms with Gasteiger partial charge in [-0.1, -0.05) is 11.6 Å². The summed E-state index contributed by atoms with van der Waals surface area (Å²) in [5, 5.41) is 9.09. The summed E-state index contributed by atoms with van der Waals surface area (Å²) in [7, 11) is 2.09. The van der Waals surface area contributed by atoms with Crippen LogP contribution in [0.2, 0.25) is 5.02 Å². The summed E-state index contributed by atoms with van der Waals surface area (Å²) in [5.41, 5.74) is 0.445. The van der Waals surface area contributed by atoms with Gasteiger partial charge in [0.1, 0.15) is 17.7 Å². The fraction of sp³-hybridized carbons (Fsp3) is 0.500. The predicted octanol–water partition coefficient (Wildman–Crippen LogP) is 2.08. The maximum absolute atomic E-state index is 8.69. The maximum atomic E-state index is 8.69. The second-order valence-corrected chi connectivity index (χ2v) is 4.62. The Morgan fingerprint density at radius 2 is 2.53 bits per heavy atom. The summed E-state index contributed by atoms with van der Waals surface area (Å²) in [6.07, 6.45) is 3.82. The van der Waals surface area contributed by atoms with Crippen LogP contribution in [-0.2, 0) is 0 Å². The van der Waals surface area contributed by atoms with Crippen LogP contribution in [0.5, 0.6) is 5.88 Å². The first-order valence-corrected chi connectivity index (χ1v) is 5.97. The Morgan fingerprint density at radius 3 is 3.12 bits per heavy atom. The van der Waals surface area contributed by atoms with Crippen molar-refractivity contribution >= 4 is 11.6 Å². The highest BCUT2D eigenvalue weighted by atomic mass is 35.5. The third-order valence-electron chi connectivity index (χ3n) is 3.02. The number of likely N-dealkylation sites (N-methyl/N-ethyl adjacent to an activating group) is 1. The Hall–Kier alpha value is -1.31. The van der Waals surface area contributed by atoms with E-state index in [0.29, 0.717) is 29.1 Å². The summed E-state index contributed by atoms with van der Waals surface area (Å²) in [4.78, 5) is 6.32. The topological polar surface area (TPSA) is 49.1 Å². The van der Waals surface area contributed by atoms with Crippen molar-refractivity contribution < 1.29 is 4.74 Å². The van der Waals surface area contributed by atoms with E-state index in [2.05, 4.69) is 16.9 Å². The molecular formula is C12H14ClN3O. The number of hydrogen-bond donors (Lipinski definition) is 0. The van der Waals surface area contributed by atoms with Crippen LogP contribution in [0.1, 0.15) is 18.4 Å². The highest BCUT2D eigenvalue weighted by Gasteiger charge is 2.21. The molecule has 1 atom stereocenters. The van der Waals surface area contributed by atoms with E-state index in [9.17, 15) is 0 Å². The average molecular weight is 252 g/mol. The van der Waals surface area contributed by atoms with Gasteiger partial charge in [-0.15, -0.1) is 0 Å². The molecule has 0 aliphatic carbocycles. The first-order valence-electron chi connectivity index (χ1n) is 5.59. The van der Waals surface area contributed by atoms with Gasteiger partial charge in [-0.2, -0.15) is 5.26 Å². The molecule has 17 heavy (non-hydrogen) atoms. The number of nitriles is 1. The van der Waals surface area contributed by atoms with Gasteiger partial charge in [-0.25, -0.2) is 4.98 Å². The molecule has 5 heteroatoms. The van der Waals surface area contributed by atoms with Crippen LogP contribution in [0.4, 0.5) is 0 Å². The Bertz CT molecular complexity index is 444. The van der Waals surface area contributed by atoms with Gasteiger partial charge in [0.15, 0.2) is 0 Å². The van der Waals surface area contributed by atoms with Crippen LogP contribution < -0.4 is 4.74 Å². The van der Waals surface area contributed by atoms with E-state index in [0.717, 1.165) is 13.0 Å². The summed E-state index contributed by atoms with van der Waals surface area (Å²) < 4.78 is 5.60. The van der Waals surface area contributed by atoms with Gasteiger partial charge in [-0.05, 0) is 32.5 Å². The predicted molar refractivity (Wildman–Crippen MR) is 65.1 cm³/mol. The van der Waals surface area contributed by atoms with Gasteiger partial charge in [0.05, 0.1) is 5.56 Å². The van der Waals surface area contributed by atoms with Crippen molar-refractivity contribution in [3.8, 4) is 11.9 Å². The first-order chi connectivity index (χ1) is 8.20. The largest absolute Gasteiger partial charge is 0.475 e. The lowest BCUT2D eigenvalue weighted by molar-refractivity contribution is 0.193. The van der Waals surface area contributed by atoms with Gasteiger partial charge in [-0.3, -0.25) is 0 Å². The molecule has 1 aliphatic rings.